The van der Waals surface area contributed by atoms with E-state index in [1.807, 2.05) is 30.3 Å². The van der Waals surface area contributed by atoms with Crippen molar-refractivity contribution in [3.8, 4) is 0 Å². The van der Waals surface area contributed by atoms with E-state index in [1.54, 1.807) is 0 Å². The Labute approximate surface area is 128 Å². The van der Waals surface area contributed by atoms with Gasteiger partial charge in [-0.1, -0.05) is 19.1 Å². The maximum absolute atomic E-state index is 4.56. The molecule has 0 saturated carbocycles. The molecule has 0 atom stereocenters. The summed E-state index contributed by atoms with van der Waals surface area (Å²) in [5.41, 5.74) is 0.996. The van der Waals surface area contributed by atoms with E-state index in [0.29, 0.717) is 0 Å². The third-order valence-corrected chi connectivity index (χ3v) is 3.43. The summed E-state index contributed by atoms with van der Waals surface area (Å²) in [5, 5.41) is 6.58. The smallest absolute Gasteiger partial charge is 0.136 e. The molecule has 0 aliphatic carbocycles. The monoisotopic (exact) mass is 334 g/mol. The van der Waals surface area contributed by atoms with Gasteiger partial charge in [0.05, 0.1) is 5.69 Å². The largest absolute Gasteiger partial charge is 0.370 e. The van der Waals surface area contributed by atoms with E-state index in [4.69, 9.17) is 0 Å². The molecule has 1 heterocycles. The number of anilines is 3. The first-order valence-electron chi connectivity index (χ1n) is 6.86. The number of halogens is 1. The number of para-hydroxylation sites is 1. The molecule has 2 rings (SSSR count). The fourth-order valence-electron chi connectivity index (χ4n) is 1.87. The summed E-state index contributed by atoms with van der Waals surface area (Å²) >= 11 is 3.53. The van der Waals surface area contributed by atoms with Crippen molar-refractivity contribution >= 4 is 33.3 Å². The molecule has 1 aromatic carbocycles. The molecule has 1 aromatic heterocycles. The van der Waals surface area contributed by atoms with Crippen molar-refractivity contribution in [1.29, 1.82) is 0 Å². The predicted molar refractivity (Wildman–Crippen MR) is 87.6 cm³/mol. The zero-order valence-corrected chi connectivity index (χ0v) is 13.4. The number of rotatable bonds is 6. The fourth-order valence-corrected chi connectivity index (χ4v) is 2.25. The Morgan fingerprint density at radius 2 is 1.85 bits per heavy atom. The second-order valence-corrected chi connectivity index (χ2v) is 5.29. The van der Waals surface area contributed by atoms with Crippen LogP contribution in [0.15, 0.2) is 34.8 Å². The van der Waals surface area contributed by atoms with E-state index in [2.05, 4.69) is 50.4 Å². The number of hydrogen-bond acceptors (Lipinski definition) is 4. The van der Waals surface area contributed by atoms with Crippen LogP contribution in [0.3, 0.4) is 0 Å². The number of nitrogens with zero attached hydrogens (tertiary/aromatic N) is 2. The first-order valence-corrected chi connectivity index (χ1v) is 7.65. The van der Waals surface area contributed by atoms with Crippen molar-refractivity contribution in [1.82, 2.24) is 9.97 Å². The molecular weight excluding hydrogens is 316 g/mol. The number of hydrogen-bond donors (Lipinski definition) is 2. The van der Waals surface area contributed by atoms with Gasteiger partial charge in [-0.15, -0.1) is 0 Å². The van der Waals surface area contributed by atoms with Crippen LogP contribution in [0.25, 0.3) is 0 Å². The Morgan fingerprint density at radius 3 is 2.55 bits per heavy atom. The van der Waals surface area contributed by atoms with Crippen LogP contribution < -0.4 is 10.6 Å². The lowest BCUT2D eigenvalue weighted by Crippen LogP contribution is -2.06. The maximum Gasteiger partial charge on any atom is 0.136 e. The van der Waals surface area contributed by atoms with Gasteiger partial charge in [-0.2, -0.15) is 0 Å². The highest BCUT2D eigenvalue weighted by atomic mass is 79.9. The molecule has 2 N–H and O–H groups in total. The van der Waals surface area contributed by atoms with Gasteiger partial charge in [0.15, 0.2) is 0 Å². The van der Waals surface area contributed by atoms with Gasteiger partial charge < -0.3 is 10.6 Å². The van der Waals surface area contributed by atoms with Crippen LogP contribution in [0, 0.1) is 0 Å². The highest BCUT2D eigenvalue weighted by molar-refractivity contribution is 9.10. The summed E-state index contributed by atoms with van der Waals surface area (Å²) in [4.78, 5) is 9.06. The Balaban J connectivity index is 2.28. The Morgan fingerprint density at radius 1 is 1.10 bits per heavy atom. The Kier molecular flexibility index (Phi) is 5.35. The number of nitrogens with one attached hydrogen (secondary N) is 2. The lowest BCUT2D eigenvalue weighted by molar-refractivity contribution is 0.836. The van der Waals surface area contributed by atoms with Crippen molar-refractivity contribution in [2.75, 3.05) is 17.2 Å². The van der Waals surface area contributed by atoms with E-state index in [-0.39, 0.29) is 0 Å². The van der Waals surface area contributed by atoms with E-state index in [9.17, 15) is 0 Å². The van der Waals surface area contributed by atoms with Crippen LogP contribution in [0.5, 0.6) is 0 Å². The average Bonchev–Trinajstić information content (AvgIpc) is 2.42. The molecule has 20 heavy (non-hydrogen) atoms. The molecule has 0 radical (unpaired) electrons. The molecule has 0 saturated heterocycles. The van der Waals surface area contributed by atoms with Crippen molar-refractivity contribution in [2.45, 2.75) is 26.7 Å². The van der Waals surface area contributed by atoms with Gasteiger partial charge in [0, 0.05) is 23.5 Å². The van der Waals surface area contributed by atoms with Gasteiger partial charge in [-0.05, 0) is 41.4 Å². The van der Waals surface area contributed by atoms with E-state index < -0.39 is 0 Å². The SMILES string of the molecule is CCCc1nc(NCC)cc(Nc2ccccc2Br)n1. The summed E-state index contributed by atoms with van der Waals surface area (Å²) in [6, 6.07) is 9.93. The molecule has 4 nitrogen and oxygen atoms in total. The molecular formula is C15H19BrN4. The van der Waals surface area contributed by atoms with Crippen molar-refractivity contribution in [3.63, 3.8) is 0 Å². The van der Waals surface area contributed by atoms with Crippen molar-refractivity contribution < 1.29 is 0 Å². The van der Waals surface area contributed by atoms with Gasteiger partial charge >= 0.3 is 0 Å². The second kappa shape index (κ2) is 7.24. The zero-order valence-electron chi connectivity index (χ0n) is 11.8. The van der Waals surface area contributed by atoms with Crippen LogP contribution in [0.4, 0.5) is 17.3 Å². The van der Waals surface area contributed by atoms with Crippen molar-refractivity contribution in [3.05, 3.63) is 40.6 Å². The van der Waals surface area contributed by atoms with Gasteiger partial charge in [0.1, 0.15) is 17.5 Å². The molecule has 106 valence electrons. The molecule has 0 spiro atoms. The summed E-state index contributed by atoms with van der Waals surface area (Å²) in [5.74, 6) is 2.53. The summed E-state index contributed by atoms with van der Waals surface area (Å²) in [6.07, 6.45) is 1.91. The molecule has 2 aromatic rings. The minimum absolute atomic E-state index is 0.811. The molecule has 0 unspecified atom stereocenters. The fraction of sp³-hybridized carbons (Fsp3) is 0.333. The quantitative estimate of drug-likeness (QED) is 0.823. The van der Waals surface area contributed by atoms with E-state index in [0.717, 1.165) is 47.0 Å². The molecule has 0 fully saturated rings. The molecule has 0 bridgehead atoms. The van der Waals surface area contributed by atoms with Gasteiger partial charge in [0.25, 0.3) is 0 Å². The van der Waals surface area contributed by atoms with Crippen LogP contribution in [0.2, 0.25) is 0 Å². The minimum atomic E-state index is 0.811. The third kappa shape index (κ3) is 3.93. The normalized spacial score (nSPS) is 10.3. The van der Waals surface area contributed by atoms with Crippen LogP contribution in [0.1, 0.15) is 26.1 Å². The predicted octanol–water partition coefficient (Wildman–Crippen LogP) is 4.37. The minimum Gasteiger partial charge on any atom is -0.370 e. The third-order valence-electron chi connectivity index (χ3n) is 2.74. The summed E-state index contributed by atoms with van der Waals surface area (Å²) in [7, 11) is 0. The lowest BCUT2D eigenvalue weighted by Gasteiger charge is -2.11. The van der Waals surface area contributed by atoms with Crippen molar-refractivity contribution in [2.24, 2.45) is 0 Å². The first kappa shape index (κ1) is 14.8. The Bertz CT molecular complexity index is 547. The molecule has 0 aliphatic heterocycles. The maximum atomic E-state index is 4.56. The second-order valence-electron chi connectivity index (χ2n) is 4.44. The highest BCUT2D eigenvalue weighted by Crippen LogP contribution is 2.25. The van der Waals surface area contributed by atoms with Gasteiger partial charge in [0.2, 0.25) is 0 Å². The van der Waals surface area contributed by atoms with Crippen LogP contribution >= 0.6 is 15.9 Å². The first-order chi connectivity index (χ1) is 9.72. The number of aryl methyl sites for hydroxylation is 1. The Hall–Kier alpha value is -1.62. The average molecular weight is 335 g/mol. The van der Waals surface area contributed by atoms with Gasteiger partial charge in [-0.3, -0.25) is 0 Å². The topological polar surface area (TPSA) is 49.8 Å². The van der Waals surface area contributed by atoms with E-state index in [1.165, 1.54) is 0 Å². The van der Waals surface area contributed by atoms with Crippen LogP contribution in [-0.4, -0.2) is 16.5 Å². The van der Waals surface area contributed by atoms with Gasteiger partial charge in [-0.25, -0.2) is 9.97 Å². The zero-order chi connectivity index (χ0) is 14.4. The molecule has 0 amide bonds. The lowest BCUT2D eigenvalue weighted by atomic mass is 10.3. The molecule has 5 heteroatoms. The molecule has 0 aliphatic rings. The highest BCUT2D eigenvalue weighted by Gasteiger charge is 2.05. The van der Waals surface area contributed by atoms with E-state index >= 15 is 0 Å². The standard InChI is InChI=1S/C15H19BrN4/c1-3-7-13-19-14(17-4-2)10-15(20-13)18-12-9-6-5-8-11(12)16/h5-6,8-10H,3-4,7H2,1-2H3,(H2,17,18,19,20). The number of aromatic nitrogens is 2. The summed E-state index contributed by atoms with van der Waals surface area (Å²) < 4.78 is 1.01. The van der Waals surface area contributed by atoms with Crippen LogP contribution in [-0.2, 0) is 6.42 Å². The number of benzene rings is 1. The summed E-state index contributed by atoms with van der Waals surface area (Å²) in [6.45, 7) is 5.03.